The number of benzene rings is 2. The molecular weight excluding hydrogens is 442 g/mol. The number of aromatic nitrogens is 3. The maximum absolute atomic E-state index is 13.3. The van der Waals surface area contributed by atoms with Gasteiger partial charge >= 0.3 is 0 Å². The number of aryl methyl sites for hydroxylation is 1. The minimum absolute atomic E-state index is 0.0741. The monoisotopic (exact) mass is 463 g/mol. The topological polar surface area (TPSA) is 144 Å². The lowest BCUT2D eigenvalue weighted by atomic mass is 10.1. The van der Waals surface area contributed by atoms with Gasteiger partial charge in [-0.15, -0.1) is 5.10 Å². The summed E-state index contributed by atoms with van der Waals surface area (Å²) in [6, 6.07) is 12.8. The molecular formula is C22H21N7O5. The SMILES string of the molecule is CC(=O)Nc1ccc([N+](=O)[O-])c(C(=O)N2CCCN2C(=O)c2nn(-c3ccccc3)nc2C)c1. The maximum Gasteiger partial charge on any atom is 0.294 e. The van der Waals surface area contributed by atoms with Crippen molar-refractivity contribution in [1.82, 2.24) is 25.0 Å². The van der Waals surface area contributed by atoms with Crippen molar-refractivity contribution < 1.29 is 19.3 Å². The Morgan fingerprint density at radius 3 is 2.32 bits per heavy atom. The Bertz CT molecular complexity index is 1290. The molecule has 0 spiro atoms. The second-order valence-corrected chi connectivity index (χ2v) is 7.64. The highest BCUT2D eigenvalue weighted by Gasteiger charge is 2.36. The summed E-state index contributed by atoms with van der Waals surface area (Å²) in [5, 5.41) is 25.1. The predicted octanol–water partition coefficient (Wildman–Crippen LogP) is 2.35. The summed E-state index contributed by atoms with van der Waals surface area (Å²) < 4.78 is 0. The molecule has 12 nitrogen and oxygen atoms in total. The lowest BCUT2D eigenvalue weighted by molar-refractivity contribution is -0.385. The predicted molar refractivity (Wildman–Crippen MR) is 120 cm³/mol. The fraction of sp³-hybridized carbons (Fsp3) is 0.227. The van der Waals surface area contributed by atoms with Gasteiger partial charge in [0.1, 0.15) is 5.56 Å². The van der Waals surface area contributed by atoms with Crippen LogP contribution in [0.1, 0.15) is 39.9 Å². The smallest absolute Gasteiger partial charge is 0.294 e. The van der Waals surface area contributed by atoms with Gasteiger partial charge in [0, 0.05) is 31.8 Å². The van der Waals surface area contributed by atoms with Crippen LogP contribution in [-0.4, -0.2) is 60.7 Å². The highest BCUT2D eigenvalue weighted by atomic mass is 16.6. The molecule has 174 valence electrons. The zero-order chi connectivity index (χ0) is 24.4. The Balaban J connectivity index is 1.65. The molecule has 1 fully saturated rings. The molecule has 12 heteroatoms. The number of para-hydroxylation sites is 1. The first kappa shape index (κ1) is 22.6. The maximum atomic E-state index is 13.3. The molecule has 2 heterocycles. The quantitative estimate of drug-likeness (QED) is 0.452. The standard InChI is InChI=1S/C22H21N7O5/c1-14-20(25-28(24-14)17-7-4-3-5-8-17)22(32)27-12-6-11-26(27)21(31)18-13-16(23-15(2)30)9-10-19(18)29(33)34/h3-5,7-10,13H,6,11-12H2,1-2H3,(H,23,30). The van der Waals surface area contributed by atoms with Crippen molar-refractivity contribution in [1.29, 1.82) is 0 Å². The second-order valence-electron chi connectivity index (χ2n) is 7.64. The van der Waals surface area contributed by atoms with Gasteiger partial charge in [0.2, 0.25) is 5.91 Å². The van der Waals surface area contributed by atoms with E-state index in [-0.39, 0.29) is 35.9 Å². The molecule has 1 N–H and O–H groups in total. The number of carbonyl (C=O) groups is 3. The molecule has 1 aliphatic rings. The number of hydrogen-bond donors (Lipinski definition) is 1. The molecule has 3 amide bonds. The third-order valence-corrected chi connectivity index (χ3v) is 5.22. The number of anilines is 1. The summed E-state index contributed by atoms with van der Waals surface area (Å²) in [5.74, 6) is -1.65. The van der Waals surface area contributed by atoms with Crippen LogP contribution in [0.15, 0.2) is 48.5 Å². The van der Waals surface area contributed by atoms with Gasteiger partial charge in [-0.1, -0.05) is 18.2 Å². The van der Waals surface area contributed by atoms with E-state index in [9.17, 15) is 24.5 Å². The van der Waals surface area contributed by atoms with Gasteiger partial charge in [0.25, 0.3) is 17.5 Å². The van der Waals surface area contributed by atoms with Crippen LogP contribution < -0.4 is 5.32 Å². The molecule has 2 aromatic carbocycles. The minimum atomic E-state index is -0.724. The number of nitrogens with one attached hydrogen (secondary N) is 1. The summed E-state index contributed by atoms with van der Waals surface area (Å²) in [6.45, 7) is 3.36. The Hall–Kier alpha value is -4.61. The zero-order valence-corrected chi connectivity index (χ0v) is 18.5. The molecule has 4 rings (SSSR count). The van der Waals surface area contributed by atoms with Crippen LogP contribution >= 0.6 is 0 Å². The van der Waals surface area contributed by atoms with E-state index in [1.54, 1.807) is 19.1 Å². The van der Waals surface area contributed by atoms with Gasteiger partial charge in [0.15, 0.2) is 5.69 Å². The molecule has 1 saturated heterocycles. The van der Waals surface area contributed by atoms with Crippen molar-refractivity contribution in [2.24, 2.45) is 0 Å². The van der Waals surface area contributed by atoms with E-state index in [2.05, 4.69) is 15.5 Å². The van der Waals surface area contributed by atoms with Gasteiger partial charge in [0.05, 0.1) is 16.3 Å². The van der Waals surface area contributed by atoms with Crippen LogP contribution in [0.5, 0.6) is 0 Å². The van der Waals surface area contributed by atoms with E-state index in [4.69, 9.17) is 0 Å². The third kappa shape index (κ3) is 4.33. The number of hydrogen-bond acceptors (Lipinski definition) is 7. The summed E-state index contributed by atoms with van der Waals surface area (Å²) >= 11 is 0. The minimum Gasteiger partial charge on any atom is -0.326 e. The number of carbonyl (C=O) groups excluding carboxylic acids is 3. The van der Waals surface area contributed by atoms with Crippen molar-refractivity contribution in [3.8, 4) is 5.69 Å². The Labute approximate surface area is 193 Å². The Morgan fingerprint density at radius 2 is 1.68 bits per heavy atom. The van der Waals surface area contributed by atoms with Crippen LogP contribution in [0, 0.1) is 17.0 Å². The number of nitro groups is 1. The molecule has 0 saturated carbocycles. The summed E-state index contributed by atoms with van der Waals surface area (Å²) in [7, 11) is 0. The summed E-state index contributed by atoms with van der Waals surface area (Å²) in [5.41, 5.74) is 0.701. The fourth-order valence-corrected chi connectivity index (χ4v) is 3.70. The van der Waals surface area contributed by atoms with Crippen LogP contribution in [0.3, 0.4) is 0 Å². The lowest BCUT2D eigenvalue weighted by Crippen LogP contribution is -2.45. The second kappa shape index (κ2) is 9.10. The molecule has 0 unspecified atom stereocenters. The summed E-state index contributed by atoms with van der Waals surface area (Å²) in [4.78, 5) is 50.3. The first-order chi connectivity index (χ1) is 16.3. The fourth-order valence-electron chi connectivity index (χ4n) is 3.70. The van der Waals surface area contributed by atoms with E-state index in [0.29, 0.717) is 17.8 Å². The summed E-state index contributed by atoms with van der Waals surface area (Å²) in [6.07, 6.45) is 0.489. The Kier molecular flexibility index (Phi) is 6.04. The molecule has 0 aliphatic carbocycles. The van der Waals surface area contributed by atoms with Crippen molar-refractivity contribution in [2.75, 3.05) is 18.4 Å². The van der Waals surface area contributed by atoms with Gasteiger partial charge in [-0.05, 0) is 37.6 Å². The average Bonchev–Trinajstić information content (AvgIpc) is 3.45. The molecule has 0 atom stereocenters. The van der Waals surface area contributed by atoms with E-state index in [1.807, 2.05) is 18.2 Å². The number of amides is 3. The van der Waals surface area contributed by atoms with Gasteiger partial charge in [-0.25, -0.2) is 10.0 Å². The van der Waals surface area contributed by atoms with Crippen molar-refractivity contribution in [3.05, 3.63) is 75.6 Å². The number of nitro benzene ring substituents is 1. The highest BCUT2D eigenvalue weighted by Crippen LogP contribution is 2.27. The third-order valence-electron chi connectivity index (χ3n) is 5.22. The van der Waals surface area contributed by atoms with Crippen molar-refractivity contribution in [2.45, 2.75) is 20.3 Å². The molecule has 1 aliphatic heterocycles. The van der Waals surface area contributed by atoms with Crippen molar-refractivity contribution >= 4 is 29.1 Å². The zero-order valence-electron chi connectivity index (χ0n) is 18.5. The first-order valence-corrected chi connectivity index (χ1v) is 10.5. The van der Waals surface area contributed by atoms with Crippen LogP contribution in [0.4, 0.5) is 11.4 Å². The van der Waals surface area contributed by atoms with Crippen molar-refractivity contribution in [3.63, 3.8) is 0 Å². The number of rotatable bonds is 5. The van der Waals surface area contributed by atoms with E-state index in [1.165, 1.54) is 33.9 Å². The van der Waals surface area contributed by atoms with Crippen LogP contribution in [0.2, 0.25) is 0 Å². The van der Waals surface area contributed by atoms with Crippen LogP contribution in [0.25, 0.3) is 5.69 Å². The average molecular weight is 463 g/mol. The van der Waals surface area contributed by atoms with Gasteiger partial charge in [-0.3, -0.25) is 24.5 Å². The highest BCUT2D eigenvalue weighted by molar-refractivity contribution is 6.02. The largest absolute Gasteiger partial charge is 0.326 e. The number of nitrogens with zero attached hydrogens (tertiary/aromatic N) is 6. The Morgan fingerprint density at radius 1 is 1.00 bits per heavy atom. The first-order valence-electron chi connectivity index (χ1n) is 10.5. The van der Waals surface area contributed by atoms with E-state index in [0.717, 1.165) is 6.07 Å². The molecule has 3 aromatic rings. The number of hydrazine groups is 1. The van der Waals surface area contributed by atoms with Gasteiger partial charge in [-0.2, -0.15) is 9.90 Å². The van der Waals surface area contributed by atoms with E-state index < -0.39 is 22.4 Å². The molecule has 1 aromatic heterocycles. The molecule has 34 heavy (non-hydrogen) atoms. The molecule has 0 radical (unpaired) electrons. The van der Waals surface area contributed by atoms with Gasteiger partial charge < -0.3 is 5.32 Å². The lowest BCUT2D eigenvalue weighted by Gasteiger charge is -2.27. The van der Waals surface area contributed by atoms with Crippen LogP contribution in [-0.2, 0) is 4.79 Å². The molecule has 0 bridgehead atoms. The van der Waals surface area contributed by atoms with E-state index >= 15 is 0 Å². The normalized spacial score (nSPS) is 13.1.